The van der Waals surface area contributed by atoms with Gasteiger partial charge in [0.05, 0.1) is 17.7 Å². The maximum Gasteiger partial charge on any atom is 0.312 e. The minimum Gasteiger partial charge on any atom is -0.417 e. The molecule has 1 aliphatic rings. The molecule has 0 bridgehead atoms. The molecule has 0 saturated carbocycles. The summed E-state index contributed by atoms with van der Waals surface area (Å²) in [5.41, 5.74) is 2.44. The van der Waals surface area contributed by atoms with Gasteiger partial charge in [-0.2, -0.15) is 5.10 Å². The second kappa shape index (κ2) is 6.50. The summed E-state index contributed by atoms with van der Waals surface area (Å²) in [7, 11) is 0. The Balaban J connectivity index is 1.60. The molecule has 29 heavy (non-hydrogen) atoms. The molecule has 0 unspecified atom stereocenters. The van der Waals surface area contributed by atoms with Gasteiger partial charge in [-0.3, -0.25) is 4.79 Å². The highest BCUT2D eigenvalue weighted by molar-refractivity contribution is 5.90. The number of imidazole rings is 1. The molecule has 0 aliphatic carbocycles. The van der Waals surface area contributed by atoms with Crippen LogP contribution >= 0.6 is 0 Å². The number of aromatic nitrogens is 6. The highest BCUT2D eigenvalue weighted by Crippen LogP contribution is 2.34. The van der Waals surface area contributed by atoms with Crippen LogP contribution in [0.1, 0.15) is 59.5 Å². The number of hydrogen-bond donors (Lipinski definition) is 1. The minimum absolute atomic E-state index is 0.0144. The van der Waals surface area contributed by atoms with Gasteiger partial charge < -0.3 is 14.3 Å². The lowest BCUT2D eigenvalue weighted by molar-refractivity contribution is 0.0643. The molecule has 0 fully saturated rings. The molecule has 0 aromatic carbocycles. The van der Waals surface area contributed by atoms with Crippen LogP contribution in [0.2, 0.25) is 0 Å². The number of carbonyl (C=O) groups is 1. The molecular formula is C19H18FN7O2. The molecular weight excluding hydrogens is 377 g/mol. The van der Waals surface area contributed by atoms with E-state index in [1.54, 1.807) is 29.6 Å². The predicted molar refractivity (Wildman–Crippen MR) is 98.7 cm³/mol. The van der Waals surface area contributed by atoms with E-state index in [0.717, 1.165) is 5.69 Å². The van der Waals surface area contributed by atoms with Gasteiger partial charge in [-0.25, -0.2) is 13.9 Å². The normalized spacial score (nSPS) is 16.6. The molecule has 0 radical (unpaired) electrons. The smallest absolute Gasteiger partial charge is 0.312 e. The number of rotatable bonds is 3. The van der Waals surface area contributed by atoms with Gasteiger partial charge in [0.1, 0.15) is 17.4 Å². The van der Waals surface area contributed by atoms with Gasteiger partial charge in [-0.05, 0) is 18.2 Å². The summed E-state index contributed by atoms with van der Waals surface area (Å²) in [5, 5.41) is 12.4. The number of H-pyrrole nitrogens is 1. The largest absolute Gasteiger partial charge is 0.417 e. The Morgan fingerprint density at radius 1 is 1.38 bits per heavy atom. The van der Waals surface area contributed by atoms with E-state index >= 15 is 0 Å². The van der Waals surface area contributed by atoms with Crippen molar-refractivity contribution in [3.8, 4) is 0 Å². The van der Waals surface area contributed by atoms with Crippen LogP contribution in [0.5, 0.6) is 0 Å². The van der Waals surface area contributed by atoms with Crippen molar-refractivity contribution in [3.05, 3.63) is 65.4 Å². The molecule has 1 aliphatic heterocycles. The SMILES string of the molecule is CC(C)c1nnc(C(=O)N2CCc3[nH]cnc3[C@H]2c2cc3c(F)cccn3n2)o1. The van der Waals surface area contributed by atoms with Crippen LogP contribution in [-0.2, 0) is 6.42 Å². The minimum atomic E-state index is -0.591. The zero-order valence-corrected chi connectivity index (χ0v) is 15.8. The van der Waals surface area contributed by atoms with Crippen LogP contribution in [-0.4, -0.2) is 47.1 Å². The van der Waals surface area contributed by atoms with Gasteiger partial charge in [0, 0.05) is 30.8 Å². The fourth-order valence-corrected chi connectivity index (χ4v) is 3.61. The standard InChI is InChI=1S/C19H18FN7O2/c1-10(2)17-23-24-18(29-17)19(28)26-7-5-12-15(22-9-21-12)16(26)13-8-14-11(20)4-3-6-27(14)25-13/h3-4,6,8-10,16H,5,7H2,1-2H3,(H,21,22)/t16-/m1/s1. The Morgan fingerprint density at radius 2 is 2.24 bits per heavy atom. The average molecular weight is 395 g/mol. The first-order valence-electron chi connectivity index (χ1n) is 9.33. The van der Waals surface area contributed by atoms with Crippen molar-refractivity contribution >= 4 is 11.4 Å². The topological polar surface area (TPSA) is 105 Å². The van der Waals surface area contributed by atoms with Crippen LogP contribution in [0.15, 0.2) is 35.1 Å². The third kappa shape index (κ3) is 2.79. The predicted octanol–water partition coefficient (Wildman–Crippen LogP) is 2.49. The fourth-order valence-electron chi connectivity index (χ4n) is 3.61. The van der Waals surface area contributed by atoms with E-state index in [-0.39, 0.29) is 17.6 Å². The van der Waals surface area contributed by atoms with Crippen molar-refractivity contribution in [2.24, 2.45) is 0 Å². The lowest BCUT2D eigenvalue weighted by Gasteiger charge is -2.32. The first-order chi connectivity index (χ1) is 14.0. The van der Waals surface area contributed by atoms with Crippen molar-refractivity contribution in [1.82, 2.24) is 34.7 Å². The summed E-state index contributed by atoms with van der Waals surface area (Å²) in [6.45, 7) is 4.23. The fraction of sp³-hybridized carbons (Fsp3) is 0.316. The number of hydrogen-bond acceptors (Lipinski definition) is 6. The summed E-state index contributed by atoms with van der Waals surface area (Å²) in [6, 6.07) is 3.99. The summed E-state index contributed by atoms with van der Waals surface area (Å²) in [4.78, 5) is 22.3. The van der Waals surface area contributed by atoms with E-state index in [0.29, 0.717) is 35.8 Å². The molecule has 4 aromatic rings. The summed E-state index contributed by atoms with van der Waals surface area (Å²) in [6.07, 6.45) is 3.85. The number of nitrogens with one attached hydrogen (secondary N) is 1. The van der Waals surface area contributed by atoms with Crippen LogP contribution < -0.4 is 0 Å². The van der Waals surface area contributed by atoms with E-state index in [4.69, 9.17) is 4.42 Å². The molecule has 0 saturated heterocycles. The Morgan fingerprint density at radius 3 is 3.00 bits per heavy atom. The first-order valence-corrected chi connectivity index (χ1v) is 9.33. The highest BCUT2D eigenvalue weighted by atomic mass is 19.1. The second-order valence-corrected chi connectivity index (χ2v) is 7.27. The molecule has 0 spiro atoms. The van der Waals surface area contributed by atoms with Crippen molar-refractivity contribution in [3.63, 3.8) is 0 Å². The van der Waals surface area contributed by atoms with Crippen LogP contribution in [0.25, 0.3) is 5.52 Å². The number of carbonyl (C=O) groups excluding carboxylic acids is 1. The van der Waals surface area contributed by atoms with Crippen LogP contribution in [0.3, 0.4) is 0 Å². The zero-order valence-electron chi connectivity index (χ0n) is 15.8. The van der Waals surface area contributed by atoms with Gasteiger partial charge in [-0.15, -0.1) is 10.2 Å². The van der Waals surface area contributed by atoms with Gasteiger partial charge in [0.15, 0.2) is 0 Å². The third-order valence-corrected chi connectivity index (χ3v) is 5.05. The van der Waals surface area contributed by atoms with E-state index in [1.165, 1.54) is 10.6 Å². The third-order valence-electron chi connectivity index (χ3n) is 5.05. The highest BCUT2D eigenvalue weighted by Gasteiger charge is 2.38. The molecule has 10 heteroatoms. The van der Waals surface area contributed by atoms with E-state index in [2.05, 4.69) is 25.3 Å². The Bertz CT molecular complexity index is 1210. The number of nitrogens with zero attached hydrogens (tertiary/aromatic N) is 6. The average Bonchev–Trinajstić information content (AvgIpc) is 3.44. The lowest BCUT2D eigenvalue weighted by atomic mass is 9.99. The summed E-state index contributed by atoms with van der Waals surface area (Å²) >= 11 is 0. The zero-order chi connectivity index (χ0) is 20.1. The van der Waals surface area contributed by atoms with Gasteiger partial charge >= 0.3 is 11.8 Å². The summed E-state index contributed by atoms with van der Waals surface area (Å²) < 4.78 is 21.2. The molecule has 4 aromatic heterocycles. The van der Waals surface area contributed by atoms with Crippen LogP contribution in [0.4, 0.5) is 4.39 Å². The lowest BCUT2D eigenvalue weighted by Crippen LogP contribution is -2.41. The van der Waals surface area contributed by atoms with E-state index in [9.17, 15) is 9.18 Å². The van der Waals surface area contributed by atoms with Crippen molar-refractivity contribution in [1.29, 1.82) is 0 Å². The van der Waals surface area contributed by atoms with E-state index < -0.39 is 11.9 Å². The van der Waals surface area contributed by atoms with Gasteiger partial charge in [0.2, 0.25) is 5.89 Å². The Labute approximate surface area is 164 Å². The van der Waals surface area contributed by atoms with Crippen molar-refractivity contribution in [2.75, 3.05) is 6.54 Å². The monoisotopic (exact) mass is 395 g/mol. The Hall–Kier alpha value is -3.56. The number of fused-ring (bicyclic) bond motifs is 2. The van der Waals surface area contributed by atoms with Crippen molar-refractivity contribution in [2.45, 2.75) is 32.2 Å². The van der Waals surface area contributed by atoms with Crippen LogP contribution in [0, 0.1) is 5.82 Å². The maximum absolute atomic E-state index is 14.2. The van der Waals surface area contributed by atoms with Crippen molar-refractivity contribution < 1.29 is 13.6 Å². The maximum atomic E-state index is 14.2. The quantitative estimate of drug-likeness (QED) is 0.571. The Kier molecular flexibility index (Phi) is 3.93. The number of halogens is 1. The molecule has 1 amide bonds. The van der Waals surface area contributed by atoms with E-state index in [1.807, 2.05) is 13.8 Å². The first kappa shape index (κ1) is 17.5. The van der Waals surface area contributed by atoms with Gasteiger partial charge in [-0.1, -0.05) is 13.8 Å². The molecule has 1 N–H and O–H groups in total. The summed E-state index contributed by atoms with van der Waals surface area (Å²) in [5.74, 6) is -0.452. The molecule has 1 atom stereocenters. The number of pyridine rings is 1. The molecule has 5 rings (SSSR count). The number of aromatic amines is 1. The molecule has 5 heterocycles. The van der Waals surface area contributed by atoms with Gasteiger partial charge in [0.25, 0.3) is 0 Å². The molecule has 148 valence electrons. The number of amides is 1. The molecule has 9 nitrogen and oxygen atoms in total. The second-order valence-electron chi connectivity index (χ2n) is 7.27.